The quantitative estimate of drug-likeness (QED) is 0.164. The van der Waals surface area contributed by atoms with Gasteiger partial charge in [0, 0.05) is 36.9 Å². The second-order valence-electron chi connectivity index (χ2n) is 15.2. The van der Waals surface area contributed by atoms with E-state index in [1.807, 2.05) is 11.3 Å². The van der Waals surface area contributed by atoms with Gasteiger partial charge in [0.05, 0.1) is 0 Å². The molecule has 4 heteroatoms. The third-order valence-corrected chi connectivity index (χ3v) is 12.8. The van der Waals surface area contributed by atoms with Gasteiger partial charge in [0.1, 0.15) is 0 Å². The summed E-state index contributed by atoms with van der Waals surface area (Å²) >= 11 is 1.81. The van der Waals surface area contributed by atoms with Crippen molar-refractivity contribution in [2.45, 2.75) is 0 Å². The molecule has 0 saturated carbocycles. The van der Waals surface area contributed by atoms with Gasteiger partial charge in [-0.15, -0.1) is 11.3 Å². The van der Waals surface area contributed by atoms with Gasteiger partial charge in [-0.3, -0.25) is 0 Å². The second kappa shape index (κ2) is 13.6. The van der Waals surface area contributed by atoms with Gasteiger partial charge in [-0.1, -0.05) is 152 Å². The first-order valence-corrected chi connectivity index (χ1v) is 20.7. The molecule has 2 heterocycles. The molecule has 0 unspecified atom stereocenters. The Labute approximate surface area is 344 Å². The smallest absolute Gasteiger partial charge is 0.164 e. The Kier molecular flexibility index (Phi) is 7.72. The van der Waals surface area contributed by atoms with Crippen molar-refractivity contribution in [1.29, 1.82) is 0 Å². The third-order valence-electron chi connectivity index (χ3n) is 11.7. The maximum atomic E-state index is 5.22. The van der Waals surface area contributed by atoms with Gasteiger partial charge in [-0.2, -0.15) is 0 Å². The summed E-state index contributed by atoms with van der Waals surface area (Å²) in [5, 5.41) is 12.2. The van der Waals surface area contributed by atoms with Crippen LogP contribution in [0.15, 0.2) is 200 Å². The minimum absolute atomic E-state index is 0.638. The summed E-state index contributed by atoms with van der Waals surface area (Å²) in [6.45, 7) is 0. The predicted octanol–water partition coefficient (Wildman–Crippen LogP) is 15.2. The fraction of sp³-hybridized carbons (Fsp3) is 0. The first kappa shape index (κ1) is 33.6. The van der Waals surface area contributed by atoms with Crippen LogP contribution in [-0.4, -0.2) is 15.0 Å². The SMILES string of the molecule is c1ccc(-c2ccc3ccc(-c4cccc(-c5nc(-c6ccc7c(ccc8c9ccccc9ccc78)c6)nc(-c6ccc7sc8ccccc8c7c6)n5)c4)cc3c2)cc1. The fourth-order valence-corrected chi connectivity index (χ4v) is 9.76. The highest BCUT2D eigenvalue weighted by Crippen LogP contribution is 2.38. The minimum Gasteiger partial charge on any atom is -0.208 e. The molecule has 10 aromatic carbocycles. The van der Waals surface area contributed by atoms with E-state index in [4.69, 9.17) is 15.0 Å². The zero-order valence-corrected chi connectivity index (χ0v) is 32.6. The van der Waals surface area contributed by atoms with E-state index in [9.17, 15) is 0 Å². The van der Waals surface area contributed by atoms with Gasteiger partial charge < -0.3 is 0 Å². The molecule has 0 atom stereocenters. The van der Waals surface area contributed by atoms with Crippen LogP contribution in [0.3, 0.4) is 0 Å². The van der Waals surface area contributed by atoms with Crippen molar-refractivity contribution in [3.8, 4) is 56.4 Å². The predicted molar refractivity (Wildman–Crippen MR) is 250 cm³/mol. The summed E-state index contributed by atoms with van der Waals surface area (Å²) in [7, 11) is 0. The van der Waals surface area contributed by atoms with Crippen LogP contribution in [0.25, 0.3) is 120 Å². The van der Waals surface area contributed by atoms with E-state index in [1.165, 1.54) is 69.0 Å². The van der Waals surface area contributed by atoms with Gasteiger partial charge in [0.25, 0.3) is 0 Å². The number of fused-ring (bicyclic) bond motifs is 9. The lowest BCUT2D eigenvalue weighted by Gasteiger charge is -2.12. The molecular weight excluding hydrogens is 735 g/mol. The van der Waals surface area contributed by atoms with E-state index in [0.29, 0.717) is 17.5 Å². The Bertz CT molecular complexity index is 3620. The van der Waals surface area contributed by atoms with Crippen LogP contribution in [0.1, 0.15) is 0 Å². The average molecular weight is 768 g/mol. The normalized spacial score (nSPS) is 11.7. The molecule has 274 valence electrons. The van der Waals surface area contributed by atoms with Crippen LogP contribution in [0.5, 0.6) is 0 Å². The summed E-state index contributed by atoms with van der Waals surface area (Å²) in [6.07, 6.45) is 0. The molecule has 0 amide bonds. The van der Waals surface area contributed by atoms with Crippen LogP contribution in [0.4, 0.5) is 0 Å². The highest BCUT2D eigenvalue weighted by Gasteiger charge is 2.16. The van der Waals surface area contributed by atoms with Gasteiger partial charge in [-0.05, 0) is 114 Å². The summed E-state index contributed by atoms with van der Waals surface area (Å²) in [5.41, 5.74) is 7.51. The standard InChI is InChI=1S/C55H33N3S/c1-2-9-34(10-3-1)38-19-17-35-18-20-39(31-44(35)30-38)37-12-8-13-41(29-37)53-56-54(58-55(57-53)43-24-28-52-50(33-43)49-15-6-7-16-51(49)59-52)42-23-25-46-40(32-42)22-27-47-45-14-5-4-11-36(45)21-26-48(46)47/h1-33H. The highest BCUT2D eigenvalue weighted by molar-refractivity contribution is 7.25. The largest absolute Gasteiger partial charge is 0.208 e. The highest BCUT2D eigenvalue weighted by atomic mass is 32.1. The average Bonchev–Trinajstić information content (AvgIpc) is 3.69. The number of rotatable bonds is 5. The van der Waals surface area contributed by atoms with Crippen LogP contribution in [0, 0.1) is 0 Å². The molecule has 0 aliphatic carbocycles. The molecule has 2 aromatic heterocycles. The lowest BCUT2D eigenvalue weighted by Crippen LogP contribution is -2.00. The van der Waals surface area contributed by atoms with Crippen LogP contribution >= 0.6 is 11.3 Å². The number of hydrogen-bond acceptors (Lipinski definition) is 4. The van der Waals surface area contributed by atoms with Gasteiger partial charge in [0.2, 0.25) is 0 Å². The molecule has 0 aliphatic rings. The van der Waals surface area contributed by atoms with E-state index >= 15 is 0 Å². The molecule has 12 aromatic rings. The summed E-state index contributed by atoms with van der Waals surface area (Å²) in [6, 6.07) is 71.8. The first-order valence-electron chi connectivity index (χ1n) is 19.9. The lowest BCUT2D eigenvalue weighted by atomic mass is 9.96. The Balaban J connectivity index is 1.00. The second-order valence-corrected chi connectivity index (χ2v) is 16.3. The third kappa shape index (κ3) is 5.84. The monoisotopic (exact) mass is 767 g/mol. The molecule has 0 radical (unpaired) electrons. The topological polar surface area (TPSA) is 38.7 Å². The van der Waals surface area contributed by atoms with E-state index in [2.05, 4.69) is 200 Å². The van der Waals surface area contributed by atoms with Crippen LogP contribution in [-0.2, 0) is 0 Å². The molecule has 0 bridgehead atoms. The molecule has 0 aliphatic heterocycles. The van der Waals surface area contributed by atoms with E-state index < -0.39 is 0 Å². The lowest BCUT2D eigenvalue weighted by molar-refractivity contribution is 1.08. The Morgan fingerprint density at radius 1 is 0.237 bits per heavy atom. The molecule has 12 rings (SSSR count). The number of hydrogen-bond donors (Lipinski definition) is 0. The number of nitrogens with zero attached hydrogens (tertiary/aromatic N) is 3. The Morgan fingerprint density at radius 2 is 0.729 bits per heavy atom. The van der Waals surface area contributed by atoms with Crippen molar-refractivity contribution in [1.82, 2.24) is 15.0 Å². The summed E-state index contributed by atoms with van der Waals surface area (Å²) < 4.78 is 2.52. The molecule has 0 fully saturated rings. The number of aromatic nitrogens is 3. The number of benzene rings is 10. The fourth-order valence-electron chi connectivity index (χ4n) is 8.67. The van der Waals surface area contributed by atoms with Crippen molar-refractivity contribution in [3.63, 3.8) is 0 Å². The van der Waals surface area contributed by atoms with Crippen LogP contribution in [0.2, 0.25) is 0 Å². The van der Waals surface area contributed by atoms with Crippen molar-refractivity contribution >= 4 is 74.6 Å². The Morgan fingerprint density at radius 3 is 1.53 bits per heavy atom. The van der Waals surface area contributed by atoms with Crippen LogP contribution < -0.4 is 0 Å². The van der Waals surface area contributed by atoms with Crippen molar-refractivity contribution in [2.24, 2.45) is 0 Å². The molecule has 3 nitrogen and oxygen atoms in total. The maximum Gasteiger partial charge on any atom is 0.164 e. The van der Waals surface area contributed by atoms with Crippen molar-refractivity contribution in [3.05, 3.63) is 200 Å². The van der Waals surface area contributed by atoms with Crippen molar-refractivity contribution in [2.75, 3.05) is 0 Å². The zero-order valence-electron chi connectivity index (χ0n) is 31.8. The van der Waals surface area contributed by atoms with E-state index in [1.54, 1.807) is 0 Å². The molecule has 59 heavy (non-hydrogen) atoms. The summed E-state index contributed by atoms with van der Waals surface area (Å²) in [4.78, 5) is 15.6. The molecule has 0 N–H and O–H groups in total. The van der Waals surface area contributed by atoms with Gasteiger partial charge in [-0.25, -0.2) is 15.0 Å². The first-order chi connectivity index (χ1) is 29.2. The van der Waals surface area contributed by atoms with Gasteiger partial charge >= 0.3 is 0 Å². The molecule has 0 saturated heterocycles. The van der Waals surface area contributed by atoms with E-state index in [0.717, 1.165) is 33.2 Å². The minimum atomic E-state index is 0.638. The zero-order chi connectivity index (χ0) is 38.9. The molecule has 0 spiro atoms. The van der Waals surface area contributed by atoms with Crippen molar-refractivity contribution < 1.29 is 0 Å². The van der Waals surface area contributed by atoms with E-state index in [-0.39, 0.29) is 0 Å². The maximum absolute atomic E-state index is 5.22. The van der Waals surface area contributed by atoms with Gasteiger partial charge in [0.15, 0.2) is 17.5 Å². The Hall–Kier alpha value is -7.53. The number of thiophene rings is 1. The molecular formula is C55H33N3S. The summed E-state index contributed by atoms with van der Waals surface area (Å²) in [5.74, 6) is 1.93.